The highest BCUT2D eigenvalue weighted by atomic mass is 35.5. The highest BCUT2D eigenvalue weighted by Crippen LogP contribution is 2.26. The molecule has 0 aliphatic heterocycles. The molecule has 0 spiro atoms. The maximum absolute atomic E-state index is 13.4. The van der Waals surface area contributed by atoms with Crippen LogP contribution in [0.25, 0.3) is 0 Å². The molecule has 20 heavy (non-hydrogen) atoms. The average Bonchev–Trinajstić information content (AvgIpc) is 2.42. The third kappa shape index (κ3) is 4.13. The first-order chi connectivity index (χ1) is 9.56. The Morgan fingerprint density at radius 2 is 1.95 bits per heavy atom. The summed E-state index contributed by atoms with van der Waals surface area (Å²) in [6, 6.07) is 11.1. The molecular formula is C14H10Cl2FNOS. The fraction of sp³-hybridized carbons (Fsp3) is 0.0714. The van der Waals surface area contributed by atoms with Crippen LogP contribution in [0.5, 0.6) is 0 Å². The largest absolute Gasteiger partial charge is 0.324 e. The topological polar surface area (TPSA) is 29.1 Å². The summed E-state index contributed by atoms with van der Waals surface area (Å²) in [6.45, 7) is 0. The van der Waals surface area contributed by atoms with Gasteiger partial charge in [0.1, 0.15) is 5.82 Å². The molecule has 0 atom stereocenters. The van der Waals surface area contributed by atoms with Crippen LogP contribution in [-0.2, 0) is 4.79 Å². The Bertz CT molecular complexity index is 636. The number of nitrogens with one attached hydrogen (secondary N) is 1. The van der Waals surface area contributed by atoms with E-state index in [-0.39, 0.29) is 17.5 Å². The number of anilines is 1. The lowest BCUT2D eigenvalue weighted by Gasteiger charge is -2.07. The lowest BCUT2D eigenvalue weighted by Crippen LogP contribution is -2.14. The molecule has 2 nitrogen and oxygen atoms in total. The maximum Gasteiger partial charge on any atom is 0.234 e. The Labute approximate surface area is 130 Å². The lowest BCUT2D eigenvalue weighted by molar-refractivity contribution is -0.113. The zero-order valence-corrected chi connectivity index (χ0v) is 12.5. The van der Waals surface area contributed by atoms with Gasteiger partial charge in [-0.3, -0.25) is 4.79 Å². The molecule has 0 heterocycles. The minimum Gasteiger partial charge on any atom is -0.324 e. The van der Waals surface area contributed by atoms with Gasteiger partial charge in [0.2, 0.25) is 5.91 Å². The van der Waals surface area contributed by atoms with Gasteiger partial charge in [-0.05, 0) is 30.3 Å². The van der Waals surface area contributed by atoms with Crippen molar-refractivity contribution in [3.8, 4) is 0 Å². The predicted molar refractivity (Wildman–Crippen MR) is 82.2 cm³/mol. The van der Waals surface area contributed by atoms with E-state index < -0.39 is 0 Å². The molecule has 2 aromatic carbocycles. The standard InChI is InChI=1S/C14H10Cl2FNOS/c15-9-5-6-10(16)12(7-9)18-14(19)8-20-13-4-2-1-3-11(13)17/h1-7H,8H2,(H,18,19). The highest BCUT2D eigenvalue weighted by Gasteiger charge is 2.09. The van der Waals surface area contributed by atoms with Gasteiger partial charge in [-0.15, -0.1) is 11.8 Å². The van der Waals surface area contributed by atoms with Crippen molar-refractivity contribution < 1.29 is 9.18 Å². The van der Waals surface area contributed by atoms with Gasteiger partial charge >= 0.3 is 0 Å². The molecule has 0 saturated heterocycles. The van der Waals surface area contributed by atoms with Crippen molar-refractivity contribution in [1.82, 2.24) is 0 Å². The van der Waals surface area contributed by atoms with Crippen molar-refractivity contribution in [2.75, 3.05) is 11.1 Å². The molecule has 0 bridgehead atoms. The Balaban J connectivity index is 1.96. The molecule has 0 aliphatic carbocycles. The van der Waals surface area contributed by atoms with Gasteiger partial charge in [0, 0.05) is 9.92 Å². The number of hydrogen-bond acceptors (Lipinski definition) is 2. The monoisotopic (exact) mass is 329 g/mol. The summed E-state index contributed by atoms with van der Waals surface area (Å²) in [6.07, 6.45) is 0. The van der Waals surface area contributed by atoms with Crippen LogP contribution < -0.4 is 5.32 Å². The first-order valence-corrected chi connectivity index (χ1v) is 7.42. The van der Waals surface area contributed by atoms with Crippen LogP contribution in [0.3, 0.4) is 0 Å². The summed E-state index contributed by atoms with van der Waals surface area (Å²) < 4.78 is 13.4. The minimum absolute atomic E-state index is 0.0871. The van der Waals surface area contributed by atoms with E-state index >= 15 is 0 Å². The van der Waals surface area contributed by atoms with Crippen molar-refractivity contribution >= 4 is 46.6 Å². The summed E-state index contributed by atoms with van der Waals surface area (Å²) in [5, 5.41) is 3.52. The SMILES string of the molecule is O=C(CSc1ccccc1F)Nc1cc(Cl)ccc1Cl. The molecule has 1 N–H and O–H groups in total. The number of carbonyl (C=O) groups is 1. The quantitative estimate of drug-likeness (QED) is 0.811. The number of amides is 1. The summed E-state index contributed by atoms with van der Waals surface area (Å²) >= 11 is 12.9. The molecule has 0 fully saturated rings. The van der Waals surface area contributed by atoms with Gasteiger partial charge in [0.25, 0.3) is 0 Å². The van der Waals surface area contributed by atoms with Gasteiger partial charge < -0.3 is 5.32 Å². The molecule has 0 unspecified atom stereocenters. The number of hydrogen-bond donors (Lipinski definition) is 1. The third-order valence-electron chi connectivity index (χ3n) is 2.40. The fourth-order valence-corrected chi connectivity index (χ4v) is 2.56. The van der Waals surface area contributed by atoms with E-state index in [1.54, 1.807) is 36.4 Å². The lowest BCUT2D eigenvalue weighted by atomic mass is 10.3. The van der Waals surface area contributed by atoms with Crippen LogP contribution in [0, 0.1) is 5.82 Å². The van der Waals surface area contributed by atoms with E-state index in [1.807, 2.05) is 0 Å². The molecule has 1 amide bonds. The summed E-state index contributed by atoms with van der Waals surface area (Å²) in [5.74, 6) is -0.530. The second-order valence-electron chi connectivity index (χ2n) is 3.89. The number of thioether (sulfide) groups is 1. The Morgan fingerprint density at radius 1 is 1.20 bits per heavy atom. The number of carbonyl (C=O) groups excluding carboxylic acids is 1. The second kappa shape index (κ2) is 6.97. The van der Waals surface area contributed by atoms with Gasteiger partial charge in [-0.25, -0.2) is 4.39 Å². The van der Waals surface area contributed by atoms with Crippen molar-refractivity contribution in [1.29, 1.82) is 0 Å². The Morgan fingerprint density at radius 3 is 2.70 bits per heavy atom. The molecular weight excluding hydrogens is 320 g/mol. The predicted octanol–water partition coefficient (Wildman–Crippen LogP) is 4.86. The van der Waals surface area contributed by atoms with Crippen LogP contribution in [-0.4, -0.2) is 11.7 Å². The van der Waals surface area contributed by atoms with Crippen molar-refractivity contribution in [2.45, 2.75) is 4.90 Å². The van der Waals surface area contributed by atoms with Gasteiger partial charge in [-0.1, -0.05) is 35.3 Å². The van der Waals surface area contributed by atoms with Crippen LogP contribution >= 0.6 is 35.0 Å². The zero-order chi connectivity index (χ0) is 14.5. The number of halogens is 3. The fourth-order valence-electron chi connectivity index (χ4n) is 1.48. The summed E-state index contributed by atoms with van der Waals surface area (Å²) in [5.41, 5.74) is 0.443. The van der Waals surface area contributed by atoms with Crippen LogP contribution in [0.1, 0.15) is 0 Å². The minimum atomic E-state index is -0.342. The van der Waals surface area contributed by atoms with E-state index in [4.69, 9.17) is 23.2 Å². The second-order valence-corrected chi connectivity index (χ2v) is 5.75. The molecule has 0 aromatic heterocycles. The van der Waals surface area contributed by atoms with Gasteiger partial charge in [0.05, 0.1) is 16.5 Å². The average molecular weight is 330 g/mol. The summed E-state index contributed by atoms with van der Waals surface area (Å²) in [7, 11) is 0. The first kappa shape index (κ1) is 15.2. The zero-order valence-electron chi connectivity index (χ0n) is 10.2. The first-order valence-electron chi connectivity index (χ1n) is 5.68. The van der Waals surface area contributed by atoms with E-state index in [1.165, 1.54) is 6.07 Å². The maximum atomic E-state index is 13.4. The Hall–Kier alpha value is -1.23. The smallest absolute Gasteiger partial charge is 0.234 e. The molecule has 104 valence electrons. The van der Waals surface area contributed by atoms with E-state index in [0.717, 1.165) is 11.8 Å². The van der Waals surface area contributed by atoms with Gasteiger partial charge in [0.15, 0.2) is 0 Å². The van der Waals surface area contributed by atoms with Crippen LogP contribution in [0.2, 0.25) is 10.0 Å². The normalized spacial score (nSPS) is 10.3. The van der Waals surface area contributed by atoms with Gasteiger partial charge in [-0.2, -0.15) is 0 Å². The van der Waals surface area contributed by atoms with E-state index in [9.17, 15) is 9.18 Å². The van der Waals surface area contributed by atoms with Crippen molar-refractivity contribution in [3.63, 3.8) is 0 Å². The van der Waals surface area contributed by atoms with Crippen molar-refractivity contribution in [3.05, 3.63) is 58.3 Å². The number of rotatable bonds is 4. The highest BCUT2D eigenvalue weighted by molar-refractivity contribution is 8.00. The molecule has 0 radical (unpaired) electrons. The molecule has 2 rings (SSSR count). The third-order valence-corrected chi connectivity index (χ3v) is 4.01. The Kier molecular flexibility index (Phi) is 5.29. The van der Waals surface area contributed by atoms with E-state index in [2.05, 4.69) is 5.32 Å². The number of benzene rings is 2. The van der Waals surface area contributed by atoms with Crippen molar-refractivity contribution in [2.24, 2.45) is 0 Å². The molecule has 6 heteroatoms. The van der Waals surface area contributed by atoms with Crippen LogP contribution in [0.4, 0.5) is 10.1 Å². The summed E-state index contributed by atoms with van der Waals surface area (Å²) in [4.78, 5) is 12.2. The molecule has 2 aromatic rings. The molecule has 0 saturated carbocycles. The molecule has 0 aliphatic rings. The van der Waals surface area contributed by atoms with Crippen LogP contribution in [0.15, 0.2) is 47.4 Å². The van der Waals surface area contributed by atoms with E-state index in [0.29, 0.717) is 20.6 Å².